The fraction of sp³-hybridized carbons (Fsp3) is 0.571. The Morgan fingerprint density at radius 3 is 1.26 bits per heavy atom. The maximum atomic E-state index is 10.8. The first-order valence-electron chi connectivity index (χ1n) is 12.4. The molecule has 0 radical (unpaired) electrons. The van der Waals surface area contributed by atoms with Gasteiger partial charge in [-0.2, -0.15) is 0 Å². The Kier molecular flexibility index (Phi) is 15.2. The first-order valence-corrected chi connectivity index (χ1v) is 12.4. The molecule has 35 heavy (non-hydrogen) atoms. The van der Waals surface area contributed by atoms with E-state index in [-0.39, 0.29) is 10.6 Å². The van der Waals surface area contributed by atoms with Gasteiger partial charge in [0.05, 0.1) is 4.92 Å². The summed E-state index contributed by atoms with van der Waals surface area (Å²) in [4.78, 5) is 18.8. The van der Waals surface area contributed by atoms with Gasteiger partial charge in [0.1, 0.15) is 0 Å². The van der Waals surface area contributed by atoms with E-state index in [4.69, 9.17) is 15.3 Å². The van der Waals surface area contributed by atoms with Crippen LogP contribution >= 0.6 is 0 Å². The minimum Gasteiger partial charge on any atom is -0.328 e. The lowest BCUT2D eigenvalue weighted by molar-refractivity contribution is -0.742. The third-order valence-corrected chi connectivity index (χ3v) is 5.03. The van der Waals surface area contributed by atoms with E-state index in [0.717, 1.165) is 30.2 Å². The van der Waals surface area contributed by atoms with Crippen molar-refractivity contribution in [2.75, 3.05) is 0 Å². The van der Waals surface area contributed by atoms with E-state index in [1.807, 2.05) is 6.07 Å². The lowest BCUT2D eigenvalue weighted by atomic mass is 9.92. The van der Waals surface area contributed by atoms with Crippen molar-refractivity contribution in [2.24, 2.45) is 23.7 Å². The summed E-state index contributed by atoms with van der Waals surface area (Å²) >= 11 is 0. The molecule has 0 amide bonds. The molecule has 0 aliphatic heterocycles. The molecule has 0 saturated heterocycles. The lowest BCUT2D eigenvalue weighted by Crippen LogP contribution is -2.04. The van der Waals surface area contributed by atoms with Gasteiger partial charge in [0.25, 0.3) is 10.8 Å². The smallest absolute Gasteiger partial charge is 0.291 e. The Morgan fingerprint density at radius 1 is 0.629 bits per heavy atom. The van der Waals surface area contributed by atoms with E-state index >= 15 is 0 Å². The van der Waals surface area contributed by atoms with Crippen LogP contribution in [0.25, 0.3) is 0 Å². The van der Waals surface area contributed by atoms with Gasteiger partial charge in [-0.05, 0) is 71.6 Å². The van der Waals surface area contributed by atoms with Crippen LogP contribution in [0.15, 0.2) is 42.5 Å². The average molecular weight is 489 g/mol. The molecule has 0 spiro atoms. The van der Waals surface area contributed by atoms with Crippen LogP contribution < -0.4 is 0 Å². The molecular weight excluding hydrogens is 444 g/mol. The molecule has 0 unspecified atom stereocenters. The van der Waals surface area contributed by atoms with Crippen LogP contribution in [-0.2, 0) is 25.7 Å². The van der Waals surface area contributed by atoms with Crippen molar-refractivity contribution in [3.63, 3.8) is 0 Å². The van der Waals surface area contributed by atoms with Crippen molar-refractivity contribution in [3.8, 4) is 0 Å². The van der Waals surface area contributed by atoms with Gasteiger partial charge < -0.3 is 5.21 Å². The zero-order chi connectivity index (χ0) is 27.1. The normalized spacial score (nSPS) is 10.6. The van der Waals surface area contributed by atoms with Crippen LogP contribution in [0.2, 0.25) is 0 Å². The molecular formula is C28H44N2O5. The zero-order valence-electron chi connectivity index (χ0n) is 22.7. The molecule has 196 valence electrons. The van der Waals surface area contributed by atoms with Crippen molar-refractivity contribution in [1.29, 1.82) is 0 Å². The molecule has 0 aromatic heterocycles. The van der Waals surface area contributed by atoms with Gasteiger partial charge in [0.2, 0.25) is 0 Å². The summed E-state index contributed by atoms with van der Waals surface area (Å²) in [5, 5.41) is 24.4. The summed E-state index contributed by atoms with van der Waals surface area (Å²) in [6, 6.07) is 14.1. The highest BCUT2D eigenvalue weighted by atomic mass is 16.9. The van der Waals surface area contributed by atoms with Gasteiger partial charge in [0, 0.05) is 12.1 Å². The molecule has 0 saturated carbocycles. The maximum absolute atomic E-state index is 10.8. The summed E-state index contributed by atoms with van der Waals surface area (Å²) in [7, 11) is 0. The summed E-state index contributed by atoms with van der Waals surface area (Å²) < 4.78 is 0. The van der Waals surface area contributed by atoms with Crippen LogP contribution in [-0.4, -0.2) is 15.2 Å². The van der Waals surface area contributed by atoms with Gasteiger partial charge in [0.15, 0.2) is 0 Å². The zero-order valence-corrected chi connectivity index (χ0v) is 22.7. The minimum absolute atomic E-state index is 0.202. The number of non-ortho nitro benzene ring substituents is 1. The van der Waals surface area contributed by atoms with Gasteiger partial charge >= 0.3 is 0 Å². The van der Waals surface area contributed by atoms with Crippen molar-refractivity contribution >= 4 is 5.69 Å². The number of hydrogen-bond acceptors (Lipinski definition) is 4. The quantitative estimate of drug-likeness (QED) is 0.287. The fourth-order valence-electron chi connectivity index (χ4n) is 3.83. The molecule has 2 aromatic rings. The predicted molar refractivity (Wildman–Crippen MR) is 142 cm³/mol. The third kappa shape index (κ3) is 15.5. The molecule has 7 heteroatoms. The molecule has 1 N–H and O–H groups in total. The maximum Gasteiger partial charge on any atom is 0.291 e. The van der Waals surface area contributed by atoms with Crippen LogP contribution in [0.3, 0.4) is 0 Å². The Hall–Kier alpha value is -2.96. The summed E-state index contributed by atoms with van der Waals surface area (Å²) in [6.07, 6.45) is 4.32. The standard InChI is InChI=1S/C14H21NO2.C14H22.HNO3/c1-10(2)7-12-5-6-14(15(16)17)9-13(12)8-11(3)4;1-11(2)9-13-7-5-6-8-14(13)10-12(3)4;2-1(3)4/h5-6,9-11H,7-8H2,1-4H3;5-8,11-12H,9-10H2,1-4H3;(H,2,3,4). The molecule has 0 aliphatic rings. The Labute approximate surface area is 210 Å². The highest BCUT2D eigenvalue weighted by molar-refractivity contribution is 5.40. The summed E-state index contributed by atoms with van der Waals surface area (Å²) in [5.74, 6) is 2.59. The van der Waals surface area contributed by atoms with Gasteiger partial charge in [-0.3, -0.25) is 10.1 Å². The first-order chi connectivity index (χ1) is 16.2. The Balaban J connectivity index is 0.000000581. The highest BCUT2D eigenvalue weighted by Crippen LogP contribution is 2.23. The molecule has 0 heterocycles. The van der Waals surface area contributed by atoms with Gasteiger partial charge in [-0.1, -0.05) is 85.7 Å². The molecule has 7 nitrogen and oxygen atoms in total. The van der Waals surface area contributed by atoms with E-state index in [1.54, 1.807) is 12.1 Å². The van der Waals surface area contributed by atoms with Gasteiger partial charge in [-0.25, -0.2) is 0 Å². The van der Waals surface area contributed by atoms with Gasteiger partial charge in [-0.15, -0.1) is 10.1 Å². The number of nitro benzene ring substituents is 1. The van der Waals surface area contributed by atoms with Crippen LogP contribution in [0.1, 0.15) is 77.6 Å². The van der Waals surface area contributed by atoms with E-state index < -0.39 is 5.09 Å². The van der Waals surface area contributed by atoms with Crippen LogP contribution in [0, 0.1) is 43.9 Å². The number of nitrogens with zero attached hydrogens (tertiary/aromatic N) is 2. The average Bonchev–Trinajstić information content (AvgIpc) is 2.69. The van der Waals surface area contributed by atoms with Crippen molar-refractivity contribution in [3.05, 3.63) is 84.9 Å². The monoisotopic (exact) mass is 488 g/mol. The fourth-order valence-corrected chi connectivity index (χ4v) is 3.83. The van der Waals surface area contributed by atoms with E-state index in [1.165, 1.54) is 29.5 Å². The molecule has 0 aliphatic carbocycles. The summed E-state index contributed by atoms with van der Waals surface area (Å²) in [6.45, 7) is 17.7. The van der Waals surface area contributed by atoms with Crippen LogP contribution in [0.4, 0.5) is 5.69 Å². The summed E-state index contributed by atoms with van der Waals surface area (Å²) in [5.41, 5.74) is 5.66. The molecule has 0 bridgehead atoms. The predicted octanol–water partition coefficient (Wildman–Crippen LogP) is 7.73. The minimum atomic E-state index is -1.50. The second-order valence-electron chi connectivity index (χ2n) is 10.6. The van der Waals surface area contributed by atoms with Crippen molar-refractivity contribution in [1.82, 2.24) is 0 Å². The number of nitro groups is 1. The SMILES string of the molecule is CC(C)Cc1ccc([N+](=O)[O-])cc1CC(C)C.CC(C)Cc1ccccc1CC(C)C.O=[N+]([O-])O. The largest absolute Gasteiger partial charge is 0.328 e. The number of benzene rings is 2. The third-order valence-electron chi connectivity index (χ3n) is 5.03. The second kappa shape index (κ2) is 16.6. The Morgan fingerprint density at radius 2 is 0.943 bits per heavy atom. The first kappa shape index (κ1) is 32.0. The van der Waals surface area contributed by atoms with Crippen molar-refractivity contribution < 1.29 is 15.2 Å². The molecule has 2 rings (SSSR count). The van der Waals surface area contributed by atoms with Crippen molar-refractivity contribution in [2.45, 2.75) is 81.1 Å². The molecule has 0 fully saturated rings. The second-order valence-corrected chi connectivity index (χ2v) is 10.6. The van der Waals surface area contributed by atoms with E-state index in [9.17, 15) is 10.1 Å². The van der Waals surface area contributed by atoms with Crippen LogP contribution in [0.5, 0.6) is 0 Å². The molecule has 0 atom stereocenters. The van der Waals surface area contributed by atoms with E-state index in [0.29, 0.717) is 11.8 Å². The number of hydrogen-bond donors (Lipinski definition) is 1. The lowest BCUT2D eigenvalue weighted by Gasteiger charge is -2.13. The highest BCUT2D eigenvalue weighted by Gasteiger charge is 2.12. The number of rotatable bonds is 9. The molecule has 2 aromatic carbocycles. The topological polar surface area (TPSA) is 107 Å². The van der Waals surface area contributed by atoms with E-state index in [2.05, 4.69) is 79.7 Å². The Bertz CT molecular complexity index is 875.